The lowest BCUT2D eigenvalue weighted by Gasteiger charge is -2.29. The summed E-state index contributed by atoms with van der Waals surface area (Å²) in [6.45, 7) is 12.1. The first-order valence-electron chi connectivity index (χ1n) is 15.2. The zero-order chi connectivity index (χ0) is 35.9. The lowest BCUT2D eigenvalue weighted by molar-refractivity contribution is -0.130. The highest BCUT2D eigenvalue weighted by Crippen LogP contribution is 2.36. The topological polar surface area (TPSA) is 144 Å². The van der Waals surface area contributed by atoms with Crippen LogP contribution in [0.15, 0.2) is 47.1 Å². The highest BCUT2D eigenvalue weighted by Gasteiger charge is 2.32. The summed E-state index contributed by atoms with van der Waals surface area (Å²) in [7, 11) is 0. The molecule has 3 aromatic rings. The van der Waals surface area contributed by atoms with Crippen molar-refractivity contribution in [2.45, 2.75) is 77.4 Å². The van der Waals surface area contributed by atoms with E-state index in [0.29, 0.717) is 32.7 Å². The largest absolute Gasteiger partial charge is 0.444 e. The Morgan fingerprint density at radius 3 is 2.10 bits per heavy atom. The van der Waals surface area contributed by atoms with E-state index in [0.717, 1.165) is 0 Å². The molecule has 3 amide bonds. The van der Waals surface area contributed by atoms with Crippen LogP contribution in [-0.2, 0) is 19.1 Å². The Morgan fingerprint density at radius 2 is 1.54 bits per heavy atom. The molecule has 2 unspecified atom stereocenters. The van der Waals surface area contributed by atoms with Gasteiger partial charge in [-0.2, -0.15) is 0 Å². The van der Waals surface area contributed by atoms with Gasteiger partial charge < -0.3 is 24.8 Å². The average Bonchev–Trinajstić information content (AvgIpc) is 3.47. The van der Waals surface area contributed by atoms with Crippen LogP contribution < -0.4 is 15.5 Å². The first-order chi connectivity index (χ1) is 22.4. The number of alkyl halides is 2. The minimum atomic E-state index is -1.43. The molecule has 0 bridgehead atoms. The Labute approximate surface area is 299 Å². The maximum absolute atomic E-state index is 13.5. The molecule has 0 aliphatic carbocycles. The van der Waals surface area contributed by atoms with Gasteiger partial charge in [0.15, 0.2) is 16.4 Å². The van der Waals surface area contributed by atoms with Crippen molar-refractivity contribution in [3.63, 3.8) is 0 Å². The molecule has 2 atom stereocenters. The van der Waals surface area contributed by atoms with Gasteiger partial charge in [-0.05, 0) is 56.9 Å². The number of hydrogen-bond donors (Lipinski definition) is 2. The fraction of sp³-hybridized carbons (Fsp3) is 0.455. The lowest BCUT2D eigenvalue weighted by atomic mass is 9.96. The number of alkyl carbamates (subject to hydrolysis) is 1. The van der Waals surface area contributed by atoms with E-state index >= 15 is 0 Å². The lowest BCUT2D eigenvalue weighted by Crippen LogP contribution is -2.55. The van der Waals surface area contributed by atoms with E-state index in [1.807, 2.05) is 0 Å². The average molecular weight is 744 g/mol. The number of nitrogens with zero attached hydrogens (tertiary/aromatic N) is 3. The van der Waals surface area contributed by atoms with Crippen LogP contribution in [0.1, 0.15) is 54.9 Å². The zero-order valence-electron chi connectivity index (χ0n) is 27.6. The first kappa shape index (κ1) is 39.1. The quantitative estimate of drug-likeness (QED) is 0.172. The predicted octanol–water partition coefficient (Wildman–Crippen LogP) is 7.50. The normalized spacial score (nSPS) is 13.0. The second kappa shape index (κ2) is 16.8. The summed E-state index contributed by atoms with van der Waals surface area (Å²) in [5.74, 6) is -1.91. The third-order valence-corrected chi connectivity index (χ3v) is 8.01. The number of halogens is 4. The SMILES string of the molecule is CC(C)C(NC(=O)C(NC(=O)OC(C)(C)C)C(C)C)C(=O)CCN(C(=O)C(Cl)Cl)c1ccnc(-c2cc(-c3c(Cl)cccc3Cl)no2)c1. The molecule has 260 valence electrons. The third kappa shape index (κ3) is 10.6. The molecule has 0 aliphatic rings. The summed E-state index contributed by atoms with van der Waals surface area (Å²) in [6.07, 6.45) is 0.548. The van der Waals surface area contributed by atoms with E-state index in [1.54, 1.807) is 84.9 Å². The van der Waals surface area contributed by atoms with Crippen LogP contribution >= 0.6 is 46.4 Å². The number of ether oxygens (including phenoxy) is 1. The molecule has 0 saturated heterocycles. The van der Waals surface area contributed by atoms with Gasteiger partial charge in [-0.3, -0.25) is 19.4 Å². The van der Waals surface area contributed by atoms with E-state index in [9.17, 15) is 19.2 Å². The van der Waals surface area contributed by atoms with Crippen molar-refractivity contribution in [3.05, 3.63) is 52.6 Å². The molecule has 0 spiro atoms. The van der Waals surface area contributed by atoms with Gasteiger partial charge in [0, 0.05) is 36.5 Å². The number of aromatic nitrogens is 2. The summed E-state index contributed by atoms with van der Waals surface area (Å²) in [4.78, 5) is 56.6. The summed E-state index contributed by atoms with van der Waals surface area (Å²) >= 11 is 24.6. The second-order valence-electron chi connectivity index (χ2n) is 12.7. The minimum Gasteiger partial charge on any atom is -0.444 e. The van der Waals surface area contributed by atoms with Crippen LogP contribution in [0.2, 0.25) is 10.0 Å². The minimum absolute atomic E-state index is 0.114. The van der Waals surface area contributed by atoms with Gasteiger partial charge in [0.1, 0.15) is 23.0 Å². The fourth-order valence-corrected chi connectivity index (χ4v) is 5.50. The van der Waals surface area contributed by atoms with Crippen molar-refractivity contribution < 1.29 is 28.4 Å². The number of rotatable bonds is 13. The summed E-state index contributed by atoms with van der Waals surface area (Å²) in [6, 6.07) is 7.91. The third-order valence-electron chi connectivity index (χ3n) is 7.00. The van der Waals surface area contributed by atoms with Crippen LogP contribution in [0, 0.1) is 11.8 Å². The summed E-state index contributed by atoms with van der Waals surface area (Å²) in [5, 5.41) is 10.2. The van der Waals surface area contributed by atoms with Crippen molar-refractivity contribution >= 4 is 75.8 Å². The smallest absolute Gasteiger partial charge is 0.408 e. The zero-order valence-corrected chi connectivity index (χ0v) is 30.7. The van der Waals surface area contributed by atoms with Crippen LogP contribution in [0.4, 0.5) is 10.5 Å². The van der Waals surface area contributed by atoms with Gasteiger partial charge in [0.05, 0.1) is 16.1 Å². The number of ketones is 1. The standard InChI is InChI=1S/C33H39Cl4N5O6/c1-17(2)27(39-30(44)28(18(3)4)40-32(46)47-33(5,6)7)24(43)12-14-42(31(45)29(36)37)19-11-13-38-22(15-19)25-16-23(41-48-25)26-20(34)9-8-10-21(26)35/h8-11,13,15-18,27-29H,12,14H2,1-7H3,(H,39,44)(H,40,46). The molecule has 15 heteroatoms. The number of carbonyl (C=O) groups is 4. The molecule has 2 aromatic heterocycles. The van der Waals surface area contributed by atoms with E-state index in [1.165, 1.54) is 11.1 Å². The Morgan fingerprint density at radius 1 is 0.917 bits per heavy atom. The molecular formula is C33H39Cl4N5O6. The Balaban J connectivity index is 1.81. The summed E-state index contributed by atoms with van der Waals surface area (Å²) in [5.41, 5.74) is 0.774. The number of hydrogen-bond acceptors (Lipinski definition) is 8. The molecule has 1 aromatic carbocycles. The van der Waals surface area contributed by atoms with Crippen LogP contribution in [0.3, 0.4) is 0 Å². The van der Waals surface area contributed by atoms with E-state index in [2.05, 4.69) is 20.8 Å². The molecular weight excluding hydrogens is 704 g/mol. The Hall–Kier alpha value is -3.38. The number of Topliss-reactive ketones (excluding diaryl/α,β-unsaturated/α-hetero) is 1. The fourth-order valence-electron chi connectivity index (χ4n) is 4.67. The highest BCUT2D eigenvalue weighted by molar-refractivity contribution is 6.54. The van der Waals surface area contributed by atoms with Crippen molar-refractivity contribution in [2.24, 2.45) is 11.8 Å². The molecule has 0 fully saturated rings. The highest BCUT2D eigenvalue weighted by atomic mass is 35.5. The van der Waals surface area contributed by atoms with Crippen LogP contribution in [0.5, 0.6) is 0 Å². The van der Waals surface area contributed by atoms with E-state index in [4.69, 9.17) is 55.7 Å². The number of amides is 3. The van der Waals surface area contributed by atoms with Crippen LogP contribution in [0.25, 0.3) is 22.7 Å². The van der Waals surface area contributed by atoms with E-state index < -0.39 is 40.4 Å². The molecule has 48 heavy (non-hydrogen) atoms. The first-order valence-corrected chi connectivity index (χ1v) is 16.8. The van der Waals surface area contributed by atoms with Gasteiger partial charge in [-0.1, -0.05) is 85.3 Å². The molecule has 0 aliphatic heterocycles. The van der Waals surface area contributed by atoms with Crippen LogP contribution in [-0.4, -0.2) is 62.9 Å². The summed E-state index contributed by atoms with van der Waals surface area (Å²) < 4.78 is 10.8. The van der Waals surface area contributed by atoms with Gasteiger partial charge in [0.2, 0.25) is 5.91 Å². The second-order valence-corrected chi connectivity index (χ2v) is 14.6. The van der Waals surface area contributed by atoms with Crippen molar-refractivity contribution in [2.75, 3.05) is 11.4 Å². The number of pyridine rings is 1. The van der Waals surface area contributed by atoms with Gasteiger partial charge in [0.25, 0.3) is 5.91 Å². The molecule has 3 rings (SSSR count). The maximum Gasteiger partial charge on any atom is 0.408 e. The maximum atomic E-state index is 13.5. The molecule has 0 radical (unpaired) electrons. The number of nitrogens with one attached hydrogen (secondary N) is 2. The van der Waals surface area contributed by atoms with Crippen molar-refractivity contribution in [3.8, 4) is 22.7 Å². The van der Waals surface area contributed by atoms with Crippen molar-refractivity contribution in [1.29, 1.82) is 0 Å². The number of carbonyl (C=O) groups excluding carboxylic acids is 4. The predicted molar refractivity (Wildman–Crippen MR) is 187 cm³/mol. The molecule has 11 nitrogen and oxygen atoms in total. The number of benzene rings is 1. The van der Waals surface area contributed by atoms with E-state index in [-0.39, 0.29) is 36.3 Å². The molecule has 0 saturated carbocycles. The Bertz CT molecular complexity index is 1600. The van der Waals surface area contributed by atoms with Gasteiger partial charge >= 0.3 is 6.09 Å². The van der Waals surface area contributed by atoms with Crippen molar-refractivity contribution in [1.82, 2.24) is 20.8 Å². The molecule has 2 heterocycles. The number of anilines is 1. The monoisotopic (exact) mass is 741 g/mol. The van der Waals surface area contributed by atoms with Gasteiger partial charge in [-0.15, -0.1) is 0 Å². The molecule has 2 N–H and O–H groups in total. The Kier molecular flexibility index (Phi) is 13.7. The van der Waals surface area contributed by atoms with Gasteiger partial charge in [-0.25, -0.2) is 4.79 Å².